The highest BCUT2D eigenvalue weighted by atomic mass is 16.3. The van der Waals surface area contributed by atoms with Crippen LogP contribution in [0.15, 0.2) is 53.1 Å². The first-order valence-electron chi connectivity index (χ1n) is 9.33. The quantitative estimate of drug-likeness (QED) is 0.686. The van der Waals surface area contributed by atoms with Gasteiger partial charge in [-0.05, 0) is 37.2 Å². The van der Waals surface area contributed by atoms with Crippen LogP contribution in [0.4, 0.5) is 5.69 Å². The lowest BCUT2D eigenvalue weighted by molar-refractivity contribution is -0.120. The maximum absolute atomic E-state index is 11.8. The molecule has 1 aliphatic heterocycles. The van der Waals surface area contributed by atoms with Crippen molar-refractivity contribution >= 4 is 17.5 Å². The molecule has 27 heavy (non-hydrogen) atoms. The zero-order chi connectivity index (χ0) is 18.9. The molecule has 2 amide bonds. The second kappa shape index (κ2) is 9.78. The molecule has 2 N–H and O–H groups in total. The molecule has 7 nitrogen and oxygen atoms in total. The number of benzene rings is 1. The van der Waals surface area contributed by atoms with Gasteiger partial charge >= 0.3 is 0 Å². The summed E-state index contributed by atoms with van der Waals surface area (Å²) in [6.45, 7) is 5.62. The van der Waals surface area contributed by atoms with Gasteiger partial charge < -0.3 is 20.0 Å². The highest BCUT2D eigenvalue weighted by Crippen LogP contribution is 2.15. The van der Waals surface area contributed by atoms with Gasteiger partial charge in [0.1, 0.15) is 0 Å². The van der Waals surface area contributed by atoms with Crippen LogP contribution in [0.25, 0.3) is 0 Å². The number of nitrogens with one attached hydrogen (secondary N) is 2. The molecular weight excluding hydrogens is 344 g/mol. The van der Waals surface area contributed by atoms with E-state index in [1.54, 1.807) is 12.1 Å². The maximum Gasteiger partial charge on any atom is 0.287 e. The Hall–Kier alpha value is -2.80. The van der Waals surface area contributed by atoms with Gasteiger partial charge in [-0.25, -0.2) is 0 Å². The number of nitrogens with zero attached hydrogens (tertiary/aromatic N) is 2. The molecule has 1 aliphatic rings. The van der Waals surface area contributed by atoms with Gasteiger partial charge in [-0.3, -0.25) is 14.5 Å². The molecule has 1 fully saturated rings. The summed E-state index contributed by atoms with van der Waals surface area (Å²) in [7, 11) is 0. The first-order valence-corrected chi connectivity index (χ1v) is 9.33. The lowest BCUT2D eigenvalue weighted by atomic mass is 10.2. The van der Waals surface area contributed by atoms with Crippen molar-refractivity contribution in [2.75, 3.05) is 50.7 Å². The molecule has 1 aromatic carbocycles. The SMILES string of the molecule is O=C(CNC(=O)c1ccco1)NCCCN1CCN(c2ccccc2)CC1. The number of carbonyl (C=O) groups is 2. The maximum atomic E-state index is 11.8. The van der Waals surface area contributed by atoms with Crippen molar-refractivity contribution in [1.82, 2.24) is 15.5 Å². The minimum absolute atomic E-state index is 0.0463. The van der Waals surface area contributed by atoms with Crippen LogP contribution in [0.2, 0.25) is 0 Å². The standard InChI is InChI=1S/C20H26N4O3/c25-19(16-22-20(26)18-8-4-15-27-18)21-9-5-10-23-11-13-24(14-12-23)17-6-2-1-3-7-17/h1-4,6-8,15H,5,9-14,16H2,(H,21,25)(H,22,26). The fraction of sp³-hybridized carbons (Fsp3) is 0.400. The second-order valence-electron chi connectivity index (χ2n) is 6.53. The third-order valence-corrected chi connectivity index (χ3v) is 4.62. The molecule has 1 aromatic heterocycles. The molecule has 0 spiro atoms. The summed E-state index contributed by atoms with van der Waals surface area (Å²) in [5.74, 6) is -0.368. The summed E-state index contributed by atoms with van der Waals surface area (Å²) in [5.41, 5.74) is 1.28. The molecule has 0 bridgehead atoms. The molecule has 2 heterocycles. The minimum atomic E-state index is -0.383. The molecule has 0 atom stereocenters. The Morgan fingerprint density at radius 1 is 0.963 bits per heavy atom. The first-order chi connectivity index (χ1) is 13.2. The van der Waals surface area contributed by atoms with Crippen LogP contribution in [-0.4, -0.2) is 62.5 Å². The molecule has 0 saturated carbocycles. The van der Waals surface area contributed by atoms with Crippen LogP contribution >= 0.6 is 0 Å². The Bertz CT molecular complexity index is 710. The Balaban J connectivity index is 1.25. The van der Waals surface area contributed by atoms with Gasteiger partial charge in [0.2, 0.25) is 5.91 Å². The van der Waals surface area contributed by atoms with E-state index in [4.69, 9.17) is 4.42 Å². The van der Waals surface area contributed by atoms with Crippen LogP contribution in [0.1, 0.15) is 17.0 Å². The molecule has 3 rings (SSSR count). The van der Waals surface area contributed by atoms with E-state index in [0.29, 0.717) is 6.54 Å². The molecule has 0 unspecified atom stereocenters. The molecule has 7 heteroatoms. The number of piperazine rings is 1. The van der Waals surface area contributed by atoms with Gasteiger partial charge in [-0.1, -0.05) is 18.2 Å². The van der Waals surface area contributed by atoms with Crippen molar-refractivity contribution in [3.05, 3.63) is 54.5 Å². The predicted octanol–water partition coefficient (Wildman–Crippen LogP) is 1.34. The van der Waals surface area contributed by atoms with Crippen molar-refractivity contribution in [1.29, 1.82) is 0 Å². The number of carbonyl (C=O) groups excluding carboxylic acids is 2. The zero-order valence-corrected chi connectivity index (χ0v) is 15.4. The number of hydrogen-bond acceptors (Lipinski definition) is 5. The van der Waals surface area contributed by atoms with E-state index in [9.17, 15) is 9.59 Å². The molecule has 0 aliphatic carbocycles. The average Bonchev–Trinajstić information content (AvgIpc) is 3.25. The van der Waals surface area contributed by atoms with E-state index >= 15 is 0 Å². The first kappa shape index (κ1) is 19.0. The van der Waals surface area contributed by atoms with Gasteiger partial charge in [0.15, 0.2) is 5.76 Å². The summed E-state index contributed by atoms with van der Waals surface area (Å²) in [5, 5.41) is 5.37. The molecular formula is C20H26N4O3. The summed E-state index contributed by atoms with van der Waals surface area (Å²) in [6.07, 6.45) is 2.32. The monoisotopic (exact) mass is 370 g/mol. The normalized spacial score (nSPS) is 14.7. The van der Waals surface area contributed by atoms with E-state index < -0.39 is 0 Å². The fourth-order valence-corrected chi connectivity index (χ4v) is 3.12. The van der Waals surface area contributed by atoms with Gasteiger partial charge in [-0.15, -0.1) is 0 Å². The summed E-state index contributed by atoms with van der Waals surface area (Å²) < 4.78 is 4.98. The van der Waals surface area contributed by atoms with Gasteiger partial charge in [0, 0.05) is 38.4 Å². The lowest BCUT2D eigenvalue weighted by Crippen LogP contribution is -2.47. The Morgan fingerprint density at radius 2 is 1.74 bits per heavy atom. The number of furan rings is 1. The van der Waals surface area contributed by atoms with Crippen LogP contribution < -0.4 is 15.5 Å². The number of anilines is 1. The molecule has 0 radical (unpaired) electrons. The number of hydrogen-bond donors (Lipinski definition) is 2. The lowest BCUT2D eigenvalue weighted by Gasteiger charge is -2.36. The average molecular weight is 370 g/mol. The smallest absolute Gasteiger partial charge is 0.287 e. The highest BCUT2D eigenvalue weighted by molar-refractivity contribution is 5.94. The summed E-state index contributed by atoms with van der Waals surface area (Å²) in [6, 6.07) is 13.7. The zero-order valence-electron chi connectivity index (χ0n) is 15.4. The van der Waals surface area contributed by atoms with Crippen molar-refractivity contribution in [3.63, 3.8) is 0 Å². The number of para-hydroxylation sites is 1. The predicted molar refractivity (Wildman–Crippen MR) is 104 cm³/mol. The van der Waals surface area contributed by atoms with E-state index in [1.807, 2.05) is 6.07 Å². The van der Waals surface area contributed by atoms with E-state index in [1.165, 1.54) is 12.0 Å². The largest absolute Gasteiger partial charge is 0.459 e. The van der Waals surface area contributed by atoms with E-state index in [0.717, 1.165) is 39.1 Å². The highest BCUT2D eigenvalue weighted by Gasteiger charge is 2.16. The Labute approximate surface area is 159 Å². The fourth-order valence-electron chi connectivity index (χ4n) is 3.12. The summed E-state index contributed by atoms with van der Waals surface area (Å²) >= 11 is 0. The van der Waals surface area contributed by atoms with Crippen LogP contribution in [0.5, 0.6) is 0 Å². The third-order valence-electron chi connectivity index (χ3n) is 4.62. The van der Waals surface area contributed by atoms with Crippen molar-refractivity contribution < 1.29 is 14.0 Å². The summed E-state index contributed by atoms with van der Waals surface area (Å²) in [4.78, 5) is 28.3. The topological polar surface area (TPSA) is 77.8 Å². The molecule has 144 valence electrons. The van der Waals surface area contributed by atoms with Gasteiger partial charge in [-0.2, -0.15) is 0 Å². The van der Waals surface area contributed by atoms with E-state index in [-0.39, 0.29) is 24.1 Å². The number of rotatable bonds is 8. The van der Waals surface area contributed by atoms with Crippen LogP contribution in [0.3, 0.4) is 0 Å². The number of amides is 2. The van der Waals surface area contributed by atoms with Crippen molar-refractivity contribution in [2.24, 2.45) is 0 Å². The van der Waals surface area contributed by atoms with E-state index in [2.05, 4.69) is 44.7 Å². The minimum Gasteiger partial charge on any atom is -0.459 e. The Morgan fingerprint density at radius 3 is 2.44 bits per heavy atom. The van der Waals surface area contributed by atoms with Gasteiger partial charge in [0.05, 0.1) is 12.8 Å². The van der Waals surface area contributed by atoms with Crippen molar-refractivity contribution in [3.8, 4) is 0 Å². The molecule has 2 aromatic rings. The Kier molecular flexibility index (Phi) is 6.87. The third kappa shape index (κ3) is 5.86. The van der Waals surface area contributed by atoms with Crippen LogP contribution in [-0.2, 0) is 4.79 Å². The molecule has 1 saturated heterocycles. The second-order valence-corrected chi connectivity index (χ2v) is 6.53. The van der Waals surface area contributed by atoms with Gasteiger partial charge in [0.25, 0.3) is 5.91 Å². The van der Waals surface area contributed by atoms with Crippen LogP contribution in [0, 0.1) is 0 Å². The van der Waals surface area contributed by atoms with Crippen molar-refractivity contribution in [2.45, 2.75) is 6.42 Å².